The van der Waals surface area contributed by atoms with Gasteiger partial charge in [0, 0.05) is 12.0 Å². The predicted molar refractivity (Wildman–Crippen MR) is 102 cm³/mol. The number of aryl methyl sites for hydroxylation is 2. The second kappa shape index (κ2) is 6.96. The third kappa shape index (κ3) is 3.24. The number of aromatic nitrogens is 3. The van der Waals surface area contributed by atoms with Gasteiger partial charge in [0.15, 0.2) is 10.9 Å². The maximum atomic E-state index is 12.6. The summed E-state index contributed by atoms with van der Waals surface area (Å²) in [5.41, 5.74) is 5.23. The van der Waals surface area contributed by atoms with Gasteiger partial charge in [-0.05, 0) is 49.2 Å². The van der Waals surface area contributed by atoms with Gasteiger partial charge < -0.3 is 4.74 Å². The first kappa shape index (κ1) is 16.8. The number of Topliss-reactive ketones (excluding diaryl/α,β-unsaturated/α-hetero) is 1. The molecule has 0 N–H and O–H groups in total. The normalized spacial score (nSPS) is 12.7. The number of carbonyl (C=O) groups is 1. The monoisotopic (exact) mass is 365 g/mol. The van der Waals surface area contributed by atoms with Gasteiger partial charge in [-0.3, -0.25) is 9.36 Å². The van der Waals surface area contributed by atoms with E-state index >= 15 is 0 Å². The lowest BCUT2D eigenvalue weighted by atomic mass is 10.1. The highest BCUT2D eigenvalue weighted by molar-refractivity contribution is 7.99. The zero-order chi connectivity index (χ0) is 18.1. The molecule has 0 radical (unpaired) electrons. The first-order valence-corrected chi connectivity index (χ1v) is 9.50. The second-order valence-electron chi connectivity index (χ2n) is 6.41. The van der Waals surface area contributed by atoms with E-state index in [1.165, 1.54) is 17.3 Å². The SMILES string of the molecule is Cc1ccc(-n2cnnc2SCC(=O)c2ccc3c(c2)CCO3)c(C)c1. The van der Waals surface area contributed by atoms with Crippen molar-refractivity contribution in [1.82, 2.24) is 14.8 Å². The predicted octanol–water partition coefficient (Wildman–Crippen LogP) is 3.79. The molecule has 2 aromatic carbocycles. The number of nitrogens with zero attached hydrogens (tertiary/aromatic N) is 3. The van der Waals surface area contributed by atoms with Crippen LogP contribution in [0.2, 0.25) is 0 Å². The summed E-state index contributed by atoms with van der Waals surface area (Å²) in [5, 5.41) is 8.92. The zero-order valence-electron chi connectivity index (χ0n) is 14.7. The molecular weight excluding hydrogens is 346 g/mol. The molecule has 0 bridgehead atoms. The first-order valence-electron chi connectivity index (χ1n) is 8.51. The fraction of sp³-hybridized carbons (Fsp3) is 0.250. The number of ketones is 1. The number of thioether (sulfide) groups is 1. The summed E-state index contributed by atoms with van der Waals surface area (Å²) < 4.78 is 7.43. The fourth-order valence-corrected chi connectivity index (χ4v) is 3.95. The van der Waals surface area contributed by atoms with Crippen LogP contribution in [0.25, 0.3) is 5.69 Å². The largest absolute Gasteiger partial charge is 0.493 e. The molecule has 0 amide bonds. The molecule has 2 heterocycles. The van der Waals surface area contributed by atoms with Crippen LogP contribution in [0.1, 0.15) is 27.0 Å². The van der Waals surface area contributed by atoms with E-state index in [9.17, 15) is 4.79 Å². The second-order valence-corrected chi connectivity index (χ2v) is 7.35. The van der Waals surface area contributed by atoms with Crippen molar-refractivity contribution in [3.05, 3.63) is 65.0 Å². The smallest absolute Gasteiger partial charge is 0.196 e. The van der Waals surface area contributed by atoms with Crippen molar-refractivity contribution in [3.8, 4) is 11.4 Å². The highest BCUT2D eigenvalue weighted by atomic mass is 32.2. The van der Waals surface area contributed by atoms with Gasteiger partial charge in [-0.2, -0.15) is 0 Å². The molecule has 0 saturated heterocycles. The fourth-order valence-electron chi connectivity index (χ4n) is 3.14. The maximum absolute atomic E-state index is 12.6. The van der Waals surface area contributed by atoms with E-state index in [1.807, 2.05) is 22.8 Å². The number of rotatable bonds is 5. The molecule has 3 aromatic rings. The Morgan fingerprint density at radius 3 is 2.96 bits per heavy atom. The molecule has 4 rings (SSSR count). The molecule has 0 aliphatic carbocycles. The van der Waals surface area contributed by atoms with E-state index in [1.54, 1.807) is 6.33 Å². The van der Waals surface area contributed by atoms with Crippen molar-refractivity contribution < 1.29 is 9.53 Å². The van der Waals surface area contributed by atoms with Crippen LogP contribution < -0.4 is 4.74 Å². The highest BCUT2D eigenvalue weighted by Crippen LogP contribution is 2.27. The third-order valence-electron chi connectivity index (χ3n) is 4.47. The lowest BCUT2D eigenvalue weighted by molar-refractivity contribution is 0.102. The molecule has 0 spiro atoms. The van der Waals surface area contributed by atoms with Crippen molar-refractivity contribution in [2.75, 3.05) is 12.4 Å². The van der Waals surface area contributed by atoms with Crippen LogP contribution in [0.15, 0.2) is 47.9 Å². The summed E-state index contributed by atoms with van der Waals surface area (Å²) in [6.07, 6.45) is 2.56. The van der Waals surface area contributed by atoms with Crippen LogP contribution in [0.3, 0.4) is 0 Å². The Balaban J connectivity index is 1.50. The average Bonchev–Trinajstić information content (AvgIpc) is 3.28. The first-order chi connectivity index (χ1) is 12.6. The van der Waals surface area contributed by atoms with Crippen molar-refractivity contribution in [3.63, 3.8) is 0 Å². The summed E-state index contributed by atoms with van der Waals surface area (Å²) in [6, 6.07) is 11.9. The molecule has 0 unspecified atom stereocenters. The average molecular weight is 365 g/mol. The van der Waals surface area contributed by atoms with Gasteiger partial charge in [0.2, 0.25) is 0 Å². The summed E-state index contributed by atoms with van der Waals surface area (Å²) in [5.74, 6) is 1.30. The molecule has 1 aliphatic rings. The number of hydrogen-bond donors (Lipinski definition) is 0. The number of hydrogen-bond acceptors (Lipinski definition) is 5. The zero-order valence-corrected chi connectivity index (χ0v) is 15.5. The minimum atomic E-state index is 0.0832. The van der Waals surface area contributed by atoms with E-state index < -0.39 is 0 Å². The van der Waals surface area contributed by atoms with E-state index in [0.29, 0.717) is 12.4 Å². The Hall–Kier alpha value is -2.60. The number of carbonyl (C=O) groups excluding carboxylic acids is 1. The minimum Gasteiger partial charge on any atom is -0.493 e. The quantitative estimate of drug-likeness (QED) is 0.508. The number of fused-ring (bicyclic) bond motifs is 1. The van der Waals surface area contributed by atoms with Crippen molar-refractivity contribution >= 4 is 17.5 Å². The van der Waals surface area contributed by atoms with Crippen LogP contribution in [0, 0.1) is 13.8 Å². The summed E-state index contributed by atoms with van der Waals surface area (Å²) in [7, 11) is 0. The van der Waals surface area contributed by atoms with Gasteiger partial charge in [-0.15, -0.1) is 10.2 Å². The molecule has 1 aromatic heterocycles. The van der Waals surface area contributed by atoms with Crippen molar-refractivity contribution in [2.45, 2.75) is 25.4 Å². The summed E-state index contributed by atoms with van der Waals surface area (Å²) in [6.45, 7) is 4.83. The lowest BCUT2D eigenvalue weighted by Crippen LogP contribution is -2.05. The van der Waals surface area contributed by atoms with Crippen molar-refractivity contribution in [1.29, 1.82) is 0 Å². The third-order valence-corrected chi connectivity index (χ3v) is 5.42. The van der Waals surface area contributed by atoms with Gasteiger partial charge in [-0.25, -0.2) is 0 Å². The highest BCUT2D eigenvalue weighted by Gasteiger charge is 2.17. The molecule has 6 heteroatoms. The molecule has 0 saturated carbocycles. The van der Waals surface area contributed by atoms with Crippen LogP contribution >= 0.6 is 11.8 Å². The van der Waals surface area contributed by atoms with E-state index in [4.69, 9.17) is 4.74 Å². The Morgan fingerprint density at radius 2 is 2.12 bits per heavy atom. The Kier molecular flexibility index (Phi) is 4.51. The number of ether oxygens (including phenoxy) is 1. The molecule has 5 nitrogen and oxygen atoms in total. The standard InChI is InChI=1S/C20H19N3O2S/c1-13-3-5-17(14(2)9-13)23-12-21-22-20(23)26-11-18(24)15-4-6-19-16(10-15)7-8-25-19/h3-6,9-10,12H,7-8,11H2,1-2H3. The van der Waals surface area contributed by atoms with Crippen molar-refractivity contribution in [2.24, 2.45) is 0 Å². The van der Waals surface area contributed by atoms with Gasteiger partial charge in [0.25, 0.3) is 0 Å². The summed E-state index contributed by atoms with van der Waals surface area (Å²) >= 11 is 1.41. The Labute approximate surface area is 156 Å². The minimum absolute atomic E-state index is 0.0832. The molecule has 1 aliphatic heterocycles. The number of benzene rings is 2. The van der Waals surface area contributed by atoms with Crippen LogP contribution in [-0.2, 0) is 6.42 Å². The van der Waals surface area contributed by atoms with Gasteiger partial charge in [0.05, 0.1) is 18.0 Å². The Bertz CT molecular complexity index is 981. The molecule has 0 atom stereocenters. The van der Waals surface area contributed by atoms with E-state index in [-0.39, 0.29) is 5.78 Å². The van der Waals surface area contributed by atoms with Gasteiger partial charge in [-0.1, -0.05) is 29.5 Å². The molecule has 26 heavy (non-hydrogen) atoms. The summed E-state index contributed by atoms with van der Waals surface area (Å²) in [4.78, 5) is 12.6. The molecule has 132 valence electrons. The topological polar surface area (TPSA) is 57.0 Å². The van der Waals surface area contributed by atoms with Gasteiger partial charge >= 0.3 is 0 Å². The van der Waals surface area contributed by atoms with E-state index in [2.05, 4.69) is 42.2 Å². The van der Waals surface area contributed by atoms with Crippen LogP contribution in [0.5, 0.6) is 5.75 Å². The molecule has 0 fully saturated rings. The Morgan fingerprint density at radius 1 is 1.23 bits per heavy atom. The maximum Gasteiger partial charge on any atom is 0.196 e. The van der Waals surface area contributed by atoms with Crippen LogP contribution in [-0.4, -0.2) is 32.9 Å². The lowest BCUT2D eigenvalue weighted by Gasteiger charge is -2.10. The van der Waals surface area contributed by atoms with Gasteiger partial charge in [0.1, 0.15) is 12.1 Å². The van der Waals surface area contributed by atoms with E-state index in [0.717, 1.165) is 39.7 Å². The van der Waals surface area contributed by atoms with Crippen LogP contribution in [0.4, 0.5) is 0 Å². The molecular formula is C20H19N3O2S.